The van der Waals surface area contributed by atoms with E-state index in [9.17, 15) is 9.90 Å². The minimum atomic E-state index is -0.670. The van der Waals surface area contributed by atoms with Gasteiger partial charge in [-0.25, -0.2) is 0 Å². The molecule has 2 heterocycles. The maximum absolute atomic E-state index is 11.2. The molecule has 19 heavy (non-hydrogen) atoms. The van der Waals surface area contributed by atoms with E-state index in [-0.39, 0.29) is 6.04 Å². The molecule has 1 aromatic rings. The summed E-state index contributed by atoms with van der Waals surface area (Å²) in [5.74, 6) is -0.670. The molecule has 1 saturated heterocycles. The van der Waals surface area contributed by atoms with Crippen molar-refractivity contribution < 1.29 is 9.90 Å². The Labute approximate surface area is 114 Å². The molecule has 0 amide bonds. The maximum atomic E-state index is 11.2. The molecule has 0 saturated carbocycles. The van der Waals surface area contributed by atoms with Gasteiger partial charge in [0.1, 0.15) is 6.04 Å². The second-order valence-electron chi connectivity index (χ2n) is 5.30. The number of carboxylic acids is 1. The first-order valence-corrected chi connectivity index (χ1v) is 7.05. The van der Waals surface area contributed by atoms with Crippen molar-refractivity contribution in [3.05, 3.63) is 29.6 Å². The summed E-state index contributed by atoms with van der Waals surface area (Å²) in [4.78, 5) is 17.6. The minimum Gasteiger partial charge on any atom is -0.480 e. The maximum Gasteiger partial charge on any atom is 0.320 e. The van der Waals surface area contributed by atoms with Crippen molar-refractivity contribution in [2.45, 2.75) is 45.1 Å². The van der Waals surface area contributed by atoms with Gasteiger partial charge in [0.15, 0.2) is 0 Å². The standard InChI is InChI=1S/C15H22N2O2/c1-12-7-8-13(11-16-12)5-4-10-17-9-3-2-6-14(17)15(18)19/h7-8,11,14H,2-6,9-10H2,1H3,(H,18,19). The number of piperidine rings is 1. The van der Waals surface area contributed by atoms with Crippen LogP contribution in [0.1, 0.15) is 36.9 Å². The summed E-state index contributed by atoms with van der Waals surface area (Å²) >= 11 is 0. The lowest BCUT2D eigenvalue weighted by atomic mass is 10.0. The van der Waals surface area contributed by atoms with Gasteiger partial charge < -0.3 is 5.11 Å². The number of carboxylic acid groups (broad SMARTS) is 1. The number of pyridine rings is 1. The number of rotatable bonds is 5. The SMILES string of the molecule is Cc1ccc(CCCN2CCCCC2C(=O)O)cn1. The Morgan fingerprint density at radius 3 is 3.00 bits per heavy atom. The zero-order valence-electron chi connectivity index (χ0n) is 11.5. The molecule has 2 rings (SSSR count). The van der Waals surface area contributed by atoms with E-state index in [1.807, 2.05) is 19.2 Å². The molecular formula is C15H22N2O2. The molecule has 4 nitrogen and oxygen atoms in total. The molecule has 0 spiro atoms. The summed E-state index contributed by atoms with van der Waals surface area (Å²) in [5, 5.41) is 9.20. The van der Waals surface area contributed by atoms with Crippen LogP contribution in [0.15, 0.2) is 18.3 Å². The second-order valence-corrected chi connectivity index (χ2v) is 5.30. The topological polar surface area (TPSA) is 53.4 Å². The number of hydrogen-bond acceptors (Lipinski definition) is 3. The van der Waals surface area contributed by atoms with Crippen molar-refractivity contribution in [1.29, 1.82) is 0 Å². The zero-order chi connectivity index (χ0) is 13.7. The van der Waals surface area contributed by atoms with Gasteiger partial charge in [-0.2, -0.15) is 0 Å². The van der Waals surface area contributed by atoms with Gasteiger partial charge in [0.25, 0.3) is 0 Å². The van der Waals surface area contributed by atoms with E-state index >= 15 is 0 Å². The Balaban J connectivity index is 1.80. The number of carbonyl (C=O) groups is 1. The van der Waals surface area contributed by atoms with Crippen LogP contribution in [0.2, 0.25) is 0 Å². The van der Waals surface area contributed by atoms with Crippen LogP contribution in [0.3, 0.4) is 0 Å². The molecular weight excluding hydrogens is 240 g/mol. The fourth-order valence-corrected chi connectivity index (χ4v) is 2.67. The average molecular weight is 262 g/mol. The van der Waals surface area contributed by atoms with E-state index in [0.29, 0.717) is 0 Å². The predicted molar refractivity (Wildman–Crippen MR) is 74.1 cm³/mol. The van der Waals surface area contributed by atoms with Crippen LogP contribution in [0.25, 0.3) is 0 Å². The molecule has 1 atom stereocenters. The predicted octanol–water partition coefficient (Wildman–Crippen LogP) is 2.26. The molecule has 0 aliphatic carbocycles. The lowest BCUT2D eigenvalue weighted by Crippen LogP contribution is -2.45. The summed E-state index contributed by atoms with van der Waals surface area (Å²) in [7, 11) is 0. The highest BCUT2D eigenvalue weighted by atomic mass is 16.4. The summed E-state index contributed by atoms with van der Waals surface area (Å²) < 4.78 is 0. The first-order valence-electron chi connectivity index (χ1n) is 7.05. The summed E-state index contributed by atoms with van der Waals surface area (Å²) in [6, 6.07) is 3.86. The Hall–Kier alpha value is -1.42. The highest BCUT2D eigenvalue weighted by Crippen LogP contribution is 2.17. The van der Waals surface area contributed by atoms with E-state index in [1.54, 1.807) is 0 Å². The number of nitrogens with zero attached hydrogens (tertiary/aromatic N) is 2. The molecule has 1 N–H and O–H groups in total. The fraction of sp³-hybridized carbons (Fsp3) is 0.600. The van der Waals surface area contributed by atoms with Gasteiger partial charge in [0, 0.05) is 11.9 Å². The molecule has 1 unspecified atom stereocenters. The lowest BCUT2D eigenvalue weighted by Gasteiger charge is -2.32. The molecule has 1 aromatic heterocycles. The monoisotopic (exact) mass is 262 g/mol. The third kappa shape index (κ3) is 4.03. The van der Waals surface area contributed by atoms with Crippen LogP contribution in [0, 0.1) is 6.92 Å². The van der Waals surface area contributed by atoms with Crippen molar-refractivity contribution in [3.8, 4) is 0 Å². The average Bonchev–Trinajstić information content (AvgIpc) is 2.41. The summed E-state index contributed by atoms with van der Waals surface area (Å²) in [5.41, 5.74) is 2.26. The van der Waals surface area contributed by atoms with Crippen LogP contribution in [0.5, 0.6) is 0 Å². The normalized spacial score (nSPS) is 20.4. The third-order valence-electron chi connectivity index (χ3n) is 3.78. The molecule has 4 heteroatoms. The van der Waals surface area contributed by atoms with Crippen LogP contribution in [-0.4, -0.2) is 40.1 Å². The van der Waals surface area contributed by atoms with Crippen LogP contribution in [0.4, 0.5) is 0 Å². The molecule has 1 aliphatic rings. The first-order chi connectivity index (χ1) is 9.16. The van der Waals surface area contributed by atoms with Crippen molar-refractivity contribution in [1.82, 2.24) is 9.88 Å². The summed E-state index contributed by atoms with van der Waals surface area (Å²) in [6.07, 6.45) is 6.83. The zero-order valence-corrected chi connectivity index (χ0v) is 11.5. The minimum absolute atomic E-state index is 0.273. The second kappa shape index (κ2) is 6.66. The molecule has 104 valence electrons. The largest absolute Gasteiger partial charge is 0.480 e. The quantitative estimate of drug-likeness (QED) is 0.884. The Bertz CT molecular complexity index is 417. The lowest BCUT2D eigenvalue weighted by molar-refractivity contribution is -0.144. The number of aromatic nitrogens is 1. The highest BCUT2D eigenvalue weighted by Gasteiger charge is 2.27. The number of aliphatic carboxylic acids is 1. The number of aryl methyl sites for hydroxylation is 2. The number of hydrogen-bond donors (Lipinski definition) is 1. The Kier molecular flexibility index (Phi) is 4.91. The van der Waals surface area contributed by atoms with Gasteiger partial charge in [-0.05, 0) is 57.3 Å². The molecule has 0 radical (unpaired) electrons. The molecule has 1 aliphatic heterocycles. The van der Waals surface area contributed by atoms with Crippen LogP contribution in [-0.2, 0) is 11.2 Å². The smallest absolute Gasteiger partial charge is 0.320 e. The summed E-state index contributed by atoms with van der Waals surface area (Å²) in [6.45, 7) is 3.77. The highest BCUT2D eigenvalue weighted by molar-refractivity contribution is 5.73. The molecule has 1 fully saturated rings. The van der Waals surface area contributed by atoms with Gasteiger partial charge in [-0.1, -0.05) is 12.5 Å². The van der Waals surface area contributed by atoms with Crippen LogP contribution < -0.4 is 0 Å². The van der Waals surface area contributed by atoms with Gasteiger partial charge in [-0.3, -0.25) is 14.7 Å². The third-order valence-corrected chi connectivity index (χ3v) is 3.78. The molecule has 0 aromatic carbocycles. The van der Waals surface area contributed by atoms with Crippen molar-refractivity contribution in [2.75, 3.05) is 13.1 Å². The van der Waals surface area contributed by atoms with E-state index < -0.39 is 5.97 Å². The Morgan fingerprint density at radius 2 is 2.32 bits per heavy atom. The van der Waals surface area contributed by atoms with E-state index in [4.69, 9.17) is 0 Å². The van der Waals surface area contributed by atoms with Gasteiger partial charge in [-0.15, -0.1) is 0 Å². The van der Waals surface area contributed by atoms with Gasteiger partial charge >= 0.3 is 5.97 Å². The van der Waals surface area contributed by atoms with Crippen molar-refractivity contribution in [3.63, 3.8) is 0 Å². The van der Waals surface area contributed by atoms with Crippen molar-refractivity contribution in [2.24, 2.45) is 0 Å². The van der Waals surface area contributed by atoms with Gasteiger partial charge in [0.05, 0.1) is 0 Å². The Morgan fingerprint density at radius 1 is 1.47 bits per heavy atom. The van der Waals surface area contributed by atoms with E-state index in [2.05, 4.69) is 16.0 Å². The van der Waals surface area contributed by atoms with E-state index in [1.165, 1.54) is 5.56 Å². The fourth-order valence-electron chi connectivity index (χ4n) is 2.67. The van der Waals surface area contributed by atoms with Crippen LogP contribution >= 0.6 is 0 Å². The number of likely N-dealkylation sites (tertiary alicyclic amines) is 1. The molecule has 0 bridgehead atoms. The van der Waals surface area contributed by atoms with Gasteiger partial charge in [0.2, 0.25) is 0 Å². The van der Waals surface area contributed by atoms with E-state index in [0.717, 1.165) is 50.9 Å². The van der Waals surface area contributed by atoms with Crippen molar-refractivity contribution >= 4 is 5.97 Å². The first kappa shape index (κ1) is 14.0.